The van der Waals surface area contributed by atoms with Gasteiger partial charge in [0.15, 0.2) is 0 Å². The molecule has 1 aromatic carbocycles. The summed E-state index contributed by atoms with van der Waals surface area (Å²) in [4.78, 5) is 10.2. The Kier molecular flexibility index (Phi) is 3.23. The molecule has 0 radical (unpaired) electrons. The summed E-state index contributed by atoms with van der Waals surface area (Å²) in [6.45, 7) is 3.84. The van der Waals surface area contributed by atoms with Crippen molar-refractivity contribution in [3.63, 3.8) is 0 Å². The molecule has 92 valence electrons. The van der Waals surface area contributed by atoms with Gasteiger partial charge in [0, 0.05) is 12.1 Å². The third kappa shape index (κ3) is 2.29. The molecule has 0 aliphatic heterocycles. The highest BCUT2D eigenvalue weighted by Crippen LogP contribution is 2.17. The second kappa shape index (κ2) is 4.83. The molecule has 0 spiro atoms. The van der Waals surface area contributed by atoms with Crippen LogP contribution in [0.1, 0.15) is 18.3 Å². The van der Waals surface area contributed by atoms with E-state index in [1.54, 1.807) is 16.8 Å². The summed E-state index contributed by atoms with van der Waals surface area (Å²) < 4.78 is 1.76. The lowest BCUT2D eigenvalue weighted by atomic mass is 10.2. The topological polar surface area (TPSA) is 61.0 Å². The minimum atomic E-state index is -0.412. The molecule has 0 bridgehead atoms. The molecule has 0 fully saturated rings. The first-order valence-corrected chi connectivity index (χ1v) is 5.56. The summed E-state index contributed by atoms with van der Waals surface area (Å²) >= 11 is 0. The summed E-state index contributed by atoms with van der Waals surface area (Å²) in [5, 5.41) is 15.0. The maximum atomic E-state index is 10.6. The van der Waals surface area contributed by atoms with Crippen molar-refractivity contribution < 1.29 is 4.92 Å². The fourth-order valence-electron chi connectivity index (χ4n) is 1.73. The number of benzene rings is 1. The van der Waals surface area contributed by atoms with Gasteiger partial charge in [0.25, 0.3) is 5.69 Å². The normalized spacial score (nSPS) is 11.0. The van der Waals surface area contributed by atoms with E-state index in [1.807, 2.05) is 32.1 Å². The van der Waals surface area contributed by atoms with Crippen molar-refractivity contribution in [1.82, 2.24) is 9.78 Å². The average molecular weight is 243 g/mol. The molecule has 1 heterocycles. The van der Waals surface area contributed by atoms with E-state index in [2.05, 4.69) is 5.10 Å². The average Bonchev–Trinajstić information content (AvgIpc) is 2.71. The maximum absolute atomic E-state index is 10.6. The van der Waals surface area contributed by atoms with E-state index in [0.29, 0.717) is 0 Å². The van der Waals surface area contributed by atoms with Gasteiger partial charge in [-0.3, -0.25) is 10.1 Å². The highest BCUT2D eigenvalue weighted by Gasteiger charge is 2.08. The minimum absolute atomic E-state index is 0.0789. The second-order valence-electron chi connectivity index (χ2n) is 3.90. The van der Waals surface area contributed by atoms with Crippen molar-refractivity contribution in [2.24, 2.45) is 0 Å². The van der Waals surface area contributed by atoms with Crippen molar-refractivity contribution in [3.05, 3.63) is 57.9 Å². The van der Waals surface area contributed by atoms with Gasteiger partial charge in [0.2, 0.25) is 0 Å². The first kappa shape index (κ1) is 12.0. The Morgan fingerprint density at radius 2 is 2.00 bits per heavy atom. The SMILES string of the molecule is C/C=C/c1cc(C)nn1-c1ccc([N+](=O)[O-])cc1. The van der Waals surface area contributed by atoms with Gasteiger partial charge in [0.05, 0.1) is 22.0 Å². The van der Waals surface area contributed by atoms with E-state index >= 15 is 0 Å². The van der Waals surface area contributed by atoms with Crippen LogP contribution in [0.4, 0.5) is 5.69 Å². The lowest BCUT2D eigenvalue weighted by molar-refractivity contribution is -0.384. The molecule has 5 heteroatoms. The van der Waals surface area contributed by atoms with E-state index in [-0.39, 0.29) is 5.69 Å². The number of nitrogens with zero attached hydrogens (tertiary/aromatic N) is 3. The molecule has 2 rings (SSSR count). The Balaban J connectivity index is 2.45. The van der Waals surface area contributed by atoms with Crippen LogP contribution in [0.3, 0.4) is 0 Å². The molecule has 2 aromatic rings. The molecule has 0 saturated carbocycles. The molecular weight excluding hydrogens is 230 g/mol. The smallest absolute Gasteiger partial charge is 0.258 e. The molecule has 0 saturated heterocycles. The standard InChI is InChI=1S/C13H13N3O2/c1-3-4-13-9-10(2)14-15(13)11-5-7-12(8-6-11)16(17)18/h3-9H,1-2H3/b4-3+. The zero-order valence-electron chi connectivity index (χ0n) is 10.2. The van der Waals surface area contributed by atoms with Crippen LogP contribution < -0.4 is 0 Å². The first-order valence-electron chi connectivity index (χ1n) is 5.56. The number of aromatic nitrogens is 2. The van der Waals surface area contributed by atoms with Gasteiger partial charge in [0.1, 0.15) is 0 Å². The third-order valence-corrected chi connectivity index (χ3v) is 2.50. The van der Waals surface area contributed by atoms with Crippen LogP contribution >= 0.6 is 0 Å². The van der Waals surface area contributed by atoms with Crippen molar-refractivity contribution in [1.29, 1.82) is 0 Å². The largest absolute Gasteiger partial charge is 0.269 e. The molecule has 0 N–H and O–H groups in total. The zero-order valence-corrected chi connectivity index (χ0v) is 10.2. The zero-order chi connectivity index (χ0) is 13.1. The molecule has 0 aliphatic carbocycles. The molecule has 0 amide bonds. The quantitative estimate of drug-likeness (QED) is 0.614. The number of non-ortho nitro benzene ring substituents is 1. The van der Waals surface area contributed by atoms with Crippen LogP contribution in [0.2, 0.25) is 0 Å². The number of aryl methyl sites for hydroxylation is 1. The van der Waals surface area contributed by atoms with Crippen LogP contribution in [0, 0.1) is 17.0 Å². The van der Waals surface area contributed by atoms with Gasteiger partial charge in [-0.25, -0.2) is 4.68 Å². The predicted molar refractivity (Wildman–Crippen MR) is 69.7 cm³/mol. The van der Waals surface area contributed by atoms with Crippen LogP contribution in [0.5, 0.6) is 0 Å². The van der Waals surface area contributed by atoms with E-state index in [0.717, 1.165) is 17.1 Å². The van der Waals surface area contributed by atoms with Gasteiger partial charge in [-0.1, -0.05) is 6.08 Å². The molecule has 18 heavy (non-hydrogen) atoms. The molecule has 0 unspecified atom stereocenters. The lowest BCUT2D eigenvalue weighted by Gasteiger charge is -2.03. The number of nitro groups is 1. The van der Waals surface area contributed by atoms with Crippen molar-refractivity contribution >= 4 is 11.8 Å². The van der Waals surface area contributed by atoms with Gasteiger partial charge in [-0.05, 0) is 38.1 Å². The fraction of sp³-hybridized carbons (Fsp3) is 0.154. The molecule has 1 aromatic heterocycles. The van der Waals surface area contributed by atoms with Crippen molar-refractivity contribution in [2.45, 2.75) is 13.8 Å². The molecule has 5 nitrogen and oxygen atoms in total. The number of rotatable bonds is 3. The summed E-state index contributed by atoms with van der Waals surface area (Å²) in [6, 6.07) is 8.30. The van der Waals surface area contributed by atoms with Crippen LogP contribution in [0.25, 0.3) is 11.8 Å². The van der Waals surface area contributed by atoms with Crippen molar-refractivity contribution in [3.8, 4) is 5.69 Å². The fourth-order valence-corrected chi connectivity index (χ4v) is 1.73. The van der Waals surface area contributed by atoms with E-state index in [1.165, 1.54) is 12.1 Å². The van der Waals surface area contributed by atoms with Gasteiger partial charge < -0.3 is 0 Å². The Labute approximate surface area is 105 Å². The Bertz CT molecular complexity index is 597. The Morgan fingerprint density at radius 1 is 1.33 bits per heavy atom. The first-order chi connectivity index (χ1) is 8.61. The van der Waals surface area contributed by atoms with Crippen molar-refractivity contribution in [2.75, 3.05) is 0 Å². The molecule has 0 atom stereocenters. The van der Waals surface area contributed by atoms with Crippen LogP contribution in [-0.2, 0) is 0 Å². The lowest BCUT2D eigenvalue weighted by Crippen LogP contribution is -1.99. The van der Waals surface area contributed by atoms with E-state index in [4.69, 9.17) is 0 Å². The third-order valence-electron chi connectivity index (χ3n) is 2.50. The highest BCUT2D eigenvalue weighted by molar-refractivity contribution is 5.50. The highest BCUT2D eigenvalue weighted by atomic mass is 16.6. The Morgan fingerprint density at radius 3 is 2.56 bits per heavy atom. The number of hydrogen-bond acceptors (Lipinski definition) is 3. The maximum Gasteiger partial charge on any atom is 0.269 e. The summed E-state index contributed by atoms with van der Waals surface area (Å²) in [5.74, 6) is 0. The predicted octanol–water partition coefficient (Wildman–Crippen LogP) is 3.12. The Hall–Kier alpha value is -2.43. The summed E-state index contributed by atoms with van der Waals surface area (Å²) in [6.07, 6.45) is 3.87. The summed E-state index contributed by atoms with van der Waals surface area (Å²) in [5.41, 5.74) is 2.74. The number of hydrogen-bond donors (Lipinski definition) is 0. The van der Waals surface area contributed by atoms with Crippen LogP contribution in [0.15, 0.2) is 36.4 Å². The second-order valence-corrected chi connectivity index (χ2v) is 3.90. The minimum Gasteiger partial charge on any atom is -0.258 e. The monoisotopic (exact) mass is 243 g/mol. The van der Waals surface area contributed by atoms with E-state index in [9.17, 15) is 10.1 Å². The number of allylic oxidation sites excluding steroid dienone is 1. The number of nitro benzene ring substituents is 1. The van der Waals surface area contributed by atoms with E-state index < -0.39 is 4.92 Å². The van der Waals surface area contributed by atoms with Gasteiger partial charge in [-0.15, -0.1) is 0 Å². The molecular formula is C13H13N3O2. The summed E-state index contributed by atoms with van der Waals surface area (Å²) in [7, 11) is 0. The van der Waals surface area contributed by atoms with Gasteiger partial charge >= 0.3 is 0 Å². The van der Waals surface area contributed by atoms with Gasteiger partial charge in [-0.2, -0.15) is 5.10 Å². The molecule has 0 aliphatic rings. The van der Waals surface area contributed by atoms with Crippen LogP contribution in [-0.4, -0.2) is 14.7 Å².